The number of nitrogens with one attached hydrogen (secondary N) is 2. The van der Waals surface area contributed by atoms with Crippen molar-refractivity contribution < 1.29 is 26.4 Å². The molecule has 2 aromatic carbocycles. The highest BCUT2D eigenvalue weighted by Crippen LogP contribution is 2.31. The number of carbonyl (C=O) groups is 1. The molecule has 0 radical (unpaired) electrons. The summed E-state index contributed by atoms with van der Waals surface area (Å²) >= 11 is 0.911. The number of carbonyl (C=O) groups excluding carboxylic acids is 1. The number of benzene rings is 2. The number of para-hydroxylation sites is 1. The summed E-state index contributed by atoms with van der Waals surface area (Å²) in [6, 6.07) is 13.6. The van der Waals surface area contributed by atoms with Crippen LogP contribution in [0.2, 0.25) is 0 Å². The van der Waals surface area contributed by atoms with Gasteiger partial charge in [0.25, 0.3) is 15.9 Å². The van der Waals surface area contributed by atoms with Crippen LogP contribution in [0, 0.1) is 0 Å². The lowest BCUT2D eigenvalue weighted by Crippen LogP contribution is -2.14. The molecule has 3 rings (SSSR count). The average Bonchev–Trinajstić information content (AvgIpc) is 3.13. The zero-order valence-electron chi connectivity index (χ0n) is 14.0. The van der Waals surface area contributed by atoms with Crippen molar-refractivity contribution in [3.63, 3.8) is 0 Å². The highest BCUT2D eigenvalue weighted by molar-refractivity contribution is 7.92. The number of rotatable bonds is 5. The van der Waals surface area contributed by atoms with Crippen LogP contribution in [0.5, 0.6) is 0 Å². The van der Waals surface area contributed by atoms with Crippen molar-refractivity contribution >= 4 is 38.6 Å². The first-order valence-electron chi connectivity index (χ1n) is 7.80. The summed E-state index contributed by atoms with van der Waals surface area (Å²) in [6.07, 6.45) is -4.59. The standard InChI is InChI=1S/C18H13F3N2O3S2/c19-18(20,21)12-5-4-8-14(9-12)23-28(25,26)15-10-16(27-11-15)17(24)22-13-6-2-1-3-7-13/h1-11,23H,(H,22,24). The van der Waals surface area contributed by atoms with Gasteiger partial charge in [0.1, 0.15) is 0 Å². The average molecular weight is 426 g/mol. The third-order valence-corrected chi connectivity index (χ3v) is 6.02. The summed E-state index contributed by atoms with van der Waals surface area (Å²) in [5, 5.41) is 3.87. The Morgan fingerprint density at radius 1 is 0.929 bits per heavy atom. The van der Waals surface area contributed by atoms with E-state index in [2.05, 4.69) is 10.0 Å². The predicted octanol–water partition coefficient (Wildman–Crippen LogP) is 4.82. The lowest BCUT2D eigenvalue weighted by molar-refractivity contribution is -0.137. The Morgan fingerprint density at radius 2 is 1.61 bits per heavy atom. The van der Waals surface area contributed by atoms with Crippen LogP contribution in [-0.4, -0.2) is 14.3 Å². The number of alkyl halides is 3. The van der Waals surface area contributed by atoms with Gasteiger partial charge >= 0.3 is 6.18 Å². The van der Waals surface area contributed by atoms with Crippen molar-refractivity contribution in [1.82, 2.24) is 0 Å². The van der Waals surface area contributed by atoms with Gasteiger partial charge in [0.15, 0.2) is 0 Å². The molecule has 5 nitrogen and oxygen atoms in total. The largest absolute Gasteiger partial charge is 0.416 e. The van der Waals surface area contributed by atoms with Gasteiger partial charge in [0, 0.05) is 16.8 Å². The van der Waals surface area contributed by atoms with E-state index in [1.54, 1.807) is 30.3 Å². The first kappa shape index (κ1) is 19.9. The Labute approximate surface area is 162 Å². The lowest BCUT2D eigenvalue weighted by atomic mass is 10.2. The molecule has 0 saturated heterocycles. The molecular weight excluding hydrogens is 413 g/mol. The third kappa shape index (κ3) is 4.70. The Morgan fingerprint density at radius 3 is 2.29 bits per heavy atom. The zero-order valence-corrected chi connectivity index (χ0v) is 15.7. The highest BCUT2D eigenvalue weighted by atomic mass is 32.2. The Bertz CT molecular complexity index is 1090. The molecule has 2 N–H and O–H groups in total. The van der Waals surface area contributed by atoms with Crippen LogP contribution < -0.4 is 10.0 Å². The number of halogens is 3. The van der Waals surface area contributed by atoms with Gasteiger partial charge in [-0.15, -0.1) is 11.3 Å². The normalized spacial score (nSPS) is 11.8. The Kier molecular flexibility index (Phi) is 5.43. The van der Waals surface area contributed by atoms with Crippen LogP contribution >= 0.6 is 11.3 Å². The van der Waals surface area contributed by atoms with Crippen molar-refractivity contribution in [2.24, 2.45) is 0 Å². The summed E-state index contributed by atoms with van der Waals surface area (Å²) in [4.78, 5) is 12.2. The van der Waals surface area contributed by atoms with Crippen molar-refractivity contribution in [2.45, 2.75) is 11.1 Å². The van der Waals surface area contributed by atoms with Crippen LogP contribution in [-0.2, 0) is 16.2 Å². The second kappa shape index (κ2) is 7.64. The summed E-state index contributed by atoms with van der Waals surface area (Å²) < 4.78 is 65.3. The number of sulfonamides is 1. The molecule has 1 amide bonds. The Balaban J connectivity index is 1.77. The van der Waals surface area contributed by atoms with Crippen LogP contribution in [0.4, 0.5) is 24.5 Å². The fraction of sp³-hybridized carbons (Fsp3) is 0.0556. The summed E-state index contributed by atoms with van der Waals surface area (Å²) in [5.74, 6) is -0.489. The molecule has 0 aliphatic heterocycles. The summed E-state index contributed by atoms with van der Waals surface area (Å²) in [5.41, 5.74) is -0.648. The minimum Gasteiger partial charge on any atom is -0.321 e. The topological polar surface area (TPSA) is 75.3 Å². The molecule has 0 aliphatic carbocycles. The van der Waals surface area contributed by atoms with Crippen molar-refractivity contribution in [1.29, 1.82) is 0 Å². The quantitative estimate of drug-likeness (QED) is 0.614. The molecule has 0 saturated carbocycles. The van der Waals surface area contributed by atoms with Crippen molar-refractivity contribution in [3.05, 3.63) is 76.5 Å². The maximum atomic E-state index is 12.8. The van der Waals surface area contributed by atoms with E-state index in [1.807, 2.05) is 0 Å². The lowest BCUT2D eigenvalue weighted by Gasteiger charge is -2.10. The van der Waals surface area contributed by atoms with Gasteiger partial charge in [-0.1, -0.05) is 24.3 Å². The van der Waals surface area contributed by atoms with E-state index in [9.17, 15) is 26.4 Å². The van der Waals surface area contributed by atoms with Crippen molar-refractivity contribution in [3.8, 4) is 0 Å². The number of hydrogen-bond acceptors (Lipinski definition) is 4. The second-order valence-corrected chi connectivity index (χ2v) is 8.24. The molecule has 0 spiro atoms. The number of thiophene rings is 1. The third-order valence-electron chi connectivity index (χ3n) is 3.58. The maximum Gasteiger partial charge on any atom is 0.416 e. The van der Waals surface area contributed by atoms with Gasteiger partial charge in [0.05, 0.1) is 15.3 Å². The van der Waals surface area contributed by atoms with Gasteiger partial charge in [-0.2, -0.15) is 13.2 Å². The fourth-order valence-corrected chi connectivity index (χ4v) is 4.48. The highest BCUT2D eigenvalue weighted by Gasteiger charge is 2.30. The van der Waals surface area contributed by atoms with Gasteiger partial charge in [-0.05, 0) is 36.4 Å². The van der Waals surface area contributed by atoms with Crippen LogP contribution in [0.15, 0.2) is 70.9 Å². The molecule has 0 fully saturated rings. The SMILES string of the molecule is O=C(Nc1ccccc1)c1cc(S(=O)(=O)Nc2cccc(C(F)(F)F)c2)cs1. The van der Waals surface area contributed by atoms with E-state index in [-0.39, 0.29) is 15.5 Å². The zero-order chi connectivity index (χ0) is 20.4. The van der Waals surface area contributed by atoms with Gasteiger partial charge in [0.2, 0.25) is 0 Å². The monoisotopic (exact) mass is 426 g/mol. The van der Waals surface area contributed by atoms with E-state index >= 15 is 0 Å². The number of anilines is 2. The maximum absolute atomic E-state index is 12.8. The molecule has 146 valence electrons. The number of hydrogen-bond donors (Lipinski definition) is 2. The molecule has 0 bridgehead atoms. The minimum absolute atomic E-state index is 0.147. The second-order valence-electron chi connectivity index (χ2n) is 5.65. The molecule has 1 aromatic heterocycles. The Hall–Kier alpha value is -2.85. The summed E-state index contributed by atoms with van der Waals surface area (Å²) in [6.45, 7) is 0. The molecule has 0 unspecified atom stereocenters. The van der Waals surface area contributed by atoms with E-state index in [1.165, 1.54) is 17.5 Å². The number of amides is 1. The fourth-order valence-electron chi connectivity index (χ4n) is 2.27. The molecule has 3 aromatic rings. The first-order chi connectivity index (χ1) is 13.1. The minimum atomic E-state index is -4.59. The van der Waals surface area contributed by atoms with E-state index in [4.69, 9.17) is 0 Å². The van der Waals surface area contributed by atoms with Crippen LogP contribution in [0.3, 0.4) is 0 Å². The van der Waals surface area contributed by atoms with Gasteiger partial charge in [-0.3, -0.25) is 9.52 Å². The van der Waals surface area contributed by atoms with Crippen LogP contribution in [0.25, 0.3) is 0 Å². The van der Waals surface area contributed by atoms with E-state index in [0.29, 0.717) is 11.8 Å². The molecule has 0 aliphatic rings. The predicted molar refractivity (Wildman–Crippen MR) is 101 cm³/mol. The van der Waals surface area contributed by atoms with E-state index < -0.39 is 27.7 Å². The van der Waals surface area contributed by atoms with Gasteiger partial charge in [-0.25, -0.2) is 8.42 Å². The van der Waals surface area contributed by atoms with Crippen LogP contribution in [0.1, 0.15) is 15.2 Å². The van der Waals surface area contributed by atoms with E-state index in [0.717, 1.165) is 23.5 Å². The molecule has 1 heterocycles. The van der Waals surface area contributed by atoms with Crippen molar-refractivity contribution in [2.75, 3.05) is 10.0 Å². The molecule has 28 heavy (non-hydrogen) atoms. The first-order valence-corrected chi connectivity index (χ1v) is 10.2. The molecule has 10 heteroatoms. The molecule has 0 atom stereocenters. The summed E-state index contributed by atoms with van der Waals surface area (Å²) in [7, 11) is -4.15. The molecular formula is C18H13F3N2O3S2. The smallest absolute Gasteiger partial charge is 0.321 e. The van der Waals surface area contributed by atoms with Gasteiger partial charge < -0.3 is 5.32 Å².